The van der Waals surface area contributed by atoms with E-state index >= 15 is 0 Å². The number of pyridine rings is 2. The van der Waals surface area contributed by atoms with Crippen LogP contribution in [0.25, 0.3) is 16.6 Å². The van der Waals surface area contributed by atoms with Gasteiger partial charge in [0.2, 0.25) is 0 Å². The minimum atomic E-state index is 0.0524. The molecular weight excluding hydrogens is 284 g/mol. The first kappa shape index (κ1) is 15.7. The number of aryl methyl sites for hydroxylation is 2. The van der Waals surface area contributed by atoms with Crippen molar-refractivity contribution in [2.24, 2.45) is 5.92 Å². The first-order chi connectivity index (χ1) is 10.7. The van der Waals surface area contributed by atoms with Crippen LogP contribution in [0.2, 0.25) is 0 Å². The van der Waals surface area contributed by atoms with Gasteiger partial charge in [0.1, 0.15) is 5.65 Å². The van der Waals surface area contributed by atoms with Crippen LogP contribution in [0, 0.1) is 26.7 Å². The molecule has 0 saturated carbocycles. The Kier molecular flexibility index (Phi) is 3.55. The van der Waals surface area contributed by atoms with E-state index in [0.717, 1.165) is 22.5 Å². The molecule has 0 amide bonds. The van der Waals surface area contributed by atoms with E-state index in [1.807, 2.05) is 20.8 Å². The maximum absolute atomic E-state index is 12.7. The summed E-state index contributed by atoms with van der Waals surface area (Å²) in [6.45, 7) is 14.7. The lowest BCUT2D eigenvalue weighted by molar-refractivity contribution is 0.888. The van der Waals surface area contributed by atoms with Gasteiger partial charge >= 0.3 is 0 Å². The third-order valence-electron chi connectivity index (χ3n) is 5.70. The Morgan fingerprint density at radius 3 is 2.22 bits per heavy atom. The number of hydrogen-bond acceptors (Lipinski definition) is 2. The van der Waals surface area contributed by atoms with E-state index in [1.54, 1.807) is 6.07 Å². The zero-order valence-electron chi connectivity index (χ0n) is 15.0. The second kappa shape index (κ2) is 5.19. The summed E-state index contributed by atoms with van der Waals surface area (Å²) in [6, 6.07) is 1.74. The molecule has 1 atom stereocenters. The third-order valence-corrected chi connectivity index (χ3v) is 5.70. The average molecular weight is 308 g/mol. The largest absolute Gasteiger partial charge is 0.339 e. The van der Waals surface area contributed by atoms with Crippen LogP contribution in [0.4, 0.5) is 0 Å². The molecule has 2 heterocycles. The van der Waals surface area contributed by atoms with Crippen molar-refractivity contribution in [1.29, 1.82) is 0 Å². The minimum Gasteiger partial charge on any atom is -0.339 e. The van der Waals surface area contributed by atoms with Crippen LogP contribution in [-0.4, -0.2) is 9.97 Å². The van der Waals surface area contributed by atoms with Crippen LogP contribution in [0.15, 0.2) is 27.6 Å². The van der Waals surface area contributed by atoms with Crippen molar-refractivity contribution in [3.63, 3.8) is 0 Å². The summed E-state index contributed by atoms with van der Waals surface area (Å²) in [5.41, 5.74) is 9.93. The topological polar surface area (TPSA) is 45.8 Å². The summed E-state index contributed by atoms with van der Waals surface area (Å²) in [5, 5.41) is 0.710. The van der Waals surface area contributed by atoms with E-state index in [2.05, 4.69) is 37.7 Å². The van der Waals surface area contributed by atoms with Crippen LogP contribution in [0.5, 0.6) is 0 Å². The van der Waals surface area contributed by atoms with Gasteiger partial charge in [0, 0.05) is 23.4 Å². The Morgan fingerprint density at radius 1 is 1.00 bits per heavy atom. The first-order valence-electron chi connectivity index (χ1n) is 8.13. The van der Waals surface area contributed by atoms with Crippen molar-refractivity contribution in [2.45, 2.75) is 48.5 Å². The molecule has 1 N–H and O–H groups in total. The second-order valence-corrected chi connectivity index (χ2v) is 6.79. The SMILES string of the molecule is CC1=C(C)C(C)C(c2cc(=O)c3c(C)c(C)c(C)nc3[nH]2)=C1C. The molecule has 23 heavy (non-hydrogen) atoms. The molecule has 1 unspecified atom stereocenters. The molecule has 0 bridgehead atoms. The van der Waals surface area contributed by atoms with Gasteiger partial charge in [0.05, 0.1) is 5.39 Å². The fourth-order valence-electron chi connectivity index (χ4n) is 3.65. The smallest absolute Gasteiger partial charge is 0.191 e. The zero-order chi connectivity index (χ0) is 17.0. The lowest BCUT2D eigenvalue weighted by atomic mass is 9.94. The summed E-state index contributed by atoms with van der Waals surface area (Å²) < 4.78 is 0. The normalized spacial score (nSPS) is 18.5. The highest BCUT2D eigenvalue weighted by Crippen LogP contribution is 2.41. The molecule has 0 aromatic carbocycles. The van der Waals surface area contributed by atoms with Gasteiger partial charge in [0.15, 0.2) is 5.43 Å². The Hall–Kier alpha value is -2.16. The Bertz CT molecular complexity index is 958. The number of rotatable bonds is 1. The zero-order valence-corrected chi connectivity index (χ0v) is 15.0. The number of hydrogen-bond donors (Lipinski definition) is 1. The molecule has 1 aliphatic carbocycles. The first-order valence-corrected chi connectivity index (χ1v) is 8.13. The summed E-state index contributed by atoms with van der Waals surface area (Å²) in [6.07, 6.45) is 0. The molecule has 3 rings (SSSR count). The summed E-state index contributed by atoms with van der Waals surface area (Å²) in [5.74, 6) is 0.329. The maximum Gasteiger partial charge on any atom is 0.191 e. The number of nitrogens with zero attached hydrogens (tertiary/aromatic N) is 1. The summed E-state index contributed by atoms with van der Waals surface area (Å²) >= 11 is 0. The molecule has 120 valence electrons. The summed E-state index contributed by atoms with van der Waals surface area (Å²) in [4.78, 5) is 20.8. The highest BCUT2D eigenvalue weighted by Gasteiger charge is 2.26. The molecule has 3 heteroatoms. The molecular formula is C20H24N2O. The van der Waals surface area contributed by atoms with E-state index < -0.39 is 0 Å². The number of nitrogens with one attached hydrogen (secondary N) is 1. The van der Waals surface area contributed by atoms with Gasteiger partial charge in [0.25, 0.3) is 0 Å². The van der Waals surface area contributed by atoms with Crippen molar-refractivity contribution < 1.29 is 0 Å². The number of aromatic nitrogens is 2. The van der Waals surface area contributed by atoms with Crippen LogP contribution in [-0.2, 0) is 0 Å². The predicted octanol–water partition coefficient (Wildman–Crippen LogP) is 4.61. The second-order valence-electron chi connectivity index (χ2n) is 6.79. The van der Waals surface area contributed by atoms with Crippen molar-refractivity contribution in [2.75, 3.05) is 0 Å². The van der Waals surface area contributed by atoms with Gasteiger partial charge in [-0.3, -0.25) is 4.79 Å². The van der Waals surface area contributed by atoms with Crippen LogP contribution in [0.1, 0.15) is 50.2 Å². The Labute approximate surface area is 137 Å². The molecule has 0 spiro atoms. The van der Waals surface area contributed by atoms with Crippen molar-refractivity contribution in [3.8, 4) is 0 Å². The maximum atomic E-state index is 12.7. The molecule has 0 aliphatic heterocycles. The molecule has 3 nitrogen and oxygen atoms in total. The third kappa shape index (κ3) is 2.18. The lowest BCUT2D eigenvalue weighted by Crippen LogP contribution is -2.11. The quantitative estimate of drug-likeness (QED) is 0.836. The van der Waals surface area contributed by atoms with Gasteiger partial charge in [-0.15, -0.1) is 0 Å². The van der Waals surface area contributed by atoms with E-state index in [-0.39, 0.29) is 5.43 Å². The molecule has 0 saturated heterocycles. The monoisotopic (exact) mass is 308 g/mol. The highest BCUT2D eigenvalue weighted by atomic mass is 16.1. The fraction of sp³-hybridized carbons (Fsp3) is 0.400. The standard InChI is InChI=1S/C20H24N2O/c1-9-10(2)13(5)18(12(9)4)16-8-17(23)19-14(6)11(3)15(7)21-20(19)22-16/h8,12H,1-7H3,(H,21,22,23). The molecule has 2 aromatic heterocycles. The van der Waals surface area contributed by atoms with Crippen molar-refractivity contribution in [1.82, 2.24) is 9.97 Å². The van der Waals surface area contributed by atoms with E-state index in [1.165, 1.54) is 22.3 Å². The number of aromatic amines is 1. The minimum absolute atomic E-state index is 0.0524. The molecule has 2 aromatic rings. The van der Waals surface area contributed by atoms with Gasteiger partial charge in [-0.05, 0) is 69.4 Å². The molecule has 0 fully saturated rings. The van der Waals surface area contributed by atoms with E-state index in [0.29, 0.717) is 17.0 Å². The van der Waals surface area contributed by atoms with Gasteiger partial charge in [-0.2, -0.15) is 0 Å². The molecule has 1 aliphatic rings. The van der Waals surface area contributed by atoms with Gasteiger partial charge in [-0.25, -0.2) is 4.98 Å². The van der Waals surface area contributed by atoms with Crippen LogP contribution in [0.3, 0.4) is 0 Å². The summed E-state index contributed by atoms with van der Waals surface area (Å²) in [7, 11) is 0. The van der Waals surface area contributed by atoms with Crippen LogP contribution >= 0.6 is 0 Å². The van der Waals surface area contributed by atoms with Gasteiger partial charge < -0.3 is 4.98 Å². The Balaban J connectivity index is 2.31. The van der Waals surface area contributed by atoms with E-state index in [9.17, 15) is 4.79 Å². The van der Waals surface area contributed by atoms with E-state index in [4.69, 9.17) is 0 Å². The predicted molar refractivity (Wildman–Crippen MR) is 96.7 cm³/mol. The average Bonchev–Trinajstić information content (AvgIpc) is 2.68. The number of H-pyrrole nitrogens is 1. The van der Waals surface area contributed by atoms with Crippen molar-refractivity contribution in [3.05, 3.63) is 55.5 Å². The lowest BCUT2D eigenvalue weighted by Gasteiger charge is -2.15. The van der Waals surface area contributed by atoms with Crippen molar-refractivity contribution >= 4 is 16.6 Å². The van der Waals surface area contributed by atoms with Crippen LogP contribution < -0.4 is 5.43 Å². The number of allylic oxidation sites excluding steroid dienone is 4. The number of fused-ring (bicyclic) bond motifs is 1. The van der Waals surface area contributed by atoms with Gasteiger partial charge in [-0.1, -0.05) is 12.5 Å². The highest BCUT2D eigenvalue weighted by molar-refractivity contribution is 5.85. The molecule has 0 radical (unpaired) electrons. The Morgan fingerprint density at radius 2 is 1.65 bits per heavy atom. The fourth-order valence-corrected chi connectivity index (χ4v) is 3.65.